The fourth-order valence-electron chi connectivity index (χ4n) is 1.70. The van der Waals surface area contributed by atoms with Crippen LogP contribution in [0.4, 0.5) is 8.78 Å². The third kappa shape index (κ3) is 2.49. The lowest BCUT2D eigenvalue weighted by molar-refractivity contribution is -0.137. The van der Waals surface area contributed by atoms with Crippen LogP contribution in [0.3, 0.4) is 0 Å². The number of allylic oxidation sites excluding steroid dienone is 1. The van der Waals surface area contributed by atoms with Crippen molar-refractivity contribution >= 4 is 22.6 Å². The van der Waals surface area contributed by atoms with Gasteiger partial charge in [0.25, 0.3) is 0 Å². The zero-order valence-corrected chi connectivity index (χ0v) is 9.94. The Morgan fingerprint density at radius 3 is 2.94 bits per heavy atom. The first-order valence-electron chi connectivity index (χ1n) is 5.00. The summed E-state index contributed by atoms with van der Waals surface area (Å²) in [4.78, 5) is 11.7. The van der Waals surface area contributed by atoms with E-state index in [1.807, 2.05) is 0 Å². The summed E-state index contributed by atoms with van der Waals surface area (Å²) in [5.41, 5.74) is 1.02. The summed E-state index contributed by atoms with van der Waals surface area (Å²) in [6, 6.07) is 2.18. The molecule has 1 aromatic carbocycles. The zero-order valence-electron chi connectivity index (χ0n) is 9.13. The molecule has 0 N–H and O–H groups in total. The van der Waals surface area contributed by atoms with Gasteiger partial charge in [0.15, 0.2) is 0 Å². The molecule has 1 aliphatic carbocycles. The third-order valence-electron chi connectivity index (χ3n) is 2.46. The first-order chi connectivity index (χ1) is 8.11. The van der Waals surface area contributed by atoms with Gasteiger partial charge in [0.1, 0.15) is 11.6 Å². The lowest BCUT2D eigenvalue weighted by Gasteiger charge is -2.06. The molecule has 0 atom stereocenters. The van der Waals surface area contributed by atoms with Crippen molar-refractivity contribution in [1.82, 2.24) is 0 Å². The Morgan fingerprint density at radius 2 is 2.24 bits per heavy atom. The van der Waals surface area contributed by atoms with Crippen LogP contribution in [0.5, 0.6) is 0 Å². The molecule has 0 fully saturated rings. The maximum absolute atomic E-state index is 13.6. The van der Waals surface area contributed by atoms with Crippen LogP contribution in [0, 0.1) is 11.6 Å². The standard InChI is InChI=1S/C12H10F2O2S/c1-16-11(15)6-17-10-3-2-7-4-8(13)5-9(14)12(7)10/h3-5H,2,6H2,1H3. The number of methoxy groups -OCH3 is 1. The minimum Gasteiger partial charge on any atom is -0.468 e. The number of esters is 1. The largest absolute Gasteiger partial charge is 0.468 e. The van der Waals surface area contributed by atoms with Crippen LogP contribution in [0.25, 0.3) is 4.91 Å². The number of hydrogen-bond acceptors (Lipinski definition) is 3. The average Bonchev–Trinajstić information content (AvgIpc) is 2.69. The monoisotopic (exact) mass is 256 g/mol. The number of thioether (sulfide) groups is 1. The molecule has 5 heteroatoms. The summed E-state index contributed by atoms with van der Waals surface area (Å²) in [6.45, 7) is 0. The number of fused-ring (bicyclic) bond motifs is 1. The zero-order chi connectivity index (χ0) is 12.4. The highest BCUT2D eigenvalue weighted by Gasteiger charge is 2.20. The van der Waals surface area contributed by atoms with Crippen LogP contribution in [0.15, 0.2) is 18.2 Å². The number of halogens is 2. The maximum Gasteiger partial charge on any atom is 0.315 e. The molecule has 0 unspecified atom stereocenters. The Kier molecular flexibility index (Phi) is 3.47. The van der Waals surface area contributed by atoms with Crippen LogP contribution in [-0.4, -0.2) is 18.8 Å². The average molecular weight is 256 g/mol. The van der Waals surface area contributed by atoms with Crippen molar-refractivity contribution in [3.05, 3.63) is 41.0 Å². The normalized spacial score (nSPS) is 13.2. The highest BCUT2D eigenvalue weighted by molar-refractivity contribution is 8.08. The number of carbonyl (C=O) groups is 1. The van der Waals surface area contributed by atoms with E-state index in [0.717, 1.165) is 6.07 Å². The summed E-state index contributed by atoms with van der Waals surface area (Å²) in [5, 5.41) is 0. The van der Waals surface area contributed by atoms with Gasteiger partial charge in [-0.3, -0.25) is 4.79 Å². The molecule has 17 heavy (non-hydrogen) atoms. The van der Waals surface area contributed by atoms with E-state index in [9.17, 15) is 13.6 Å². The minimum absolute atomic E-state index is 0.124. The molecule has 0 saturated heterocycles. The van der Waals surface area contributed by atoms with Crippen LogP contribution < -0.4 is 0 Å². The summed E-state index contributed by atoms with van der Waals surface area (Å²) in [6.07, 6.45) is 2.29. The fourth-order valence-corrected chi connectivity index (χ4v) is 2.66. The second-order valence-electron chi connectivity index (χ2n) is 3.56. The molecule has 2 nitrogen and oxygen atoms in total. The van der Waals surface area contributed by atoms with Gasteiger partial charge >= 0.3 is 5.97 Å². The predicted octanol–water partition coefficient (Wildman–Crippen LogP) is 2.77. The summed E-state index contributed by atoms with van der Waals surface area (Å²) in [7, 11) is 1.30. The van der Waals surface area contributed by atoms with E-state index in [-0.39, 0.29) is 11.7 Å². The third-order valence-corrected chi connectivity index (χ3v) is 3.53. The topological polar surface area (TPSA) is 26.3 Å². The molecule has 0 saturated carbocycles. The van der Waals surface area contributed by atoms with E-state index in [2.05, 4.69) is 4.74 Å². The number of rotatable bonds is 3. The Labute approximate surface area is 102 Å². The quantitative estimate of drug-likeness (QED) is 0.778. The molecule has 2 rings (SSSR count). The van der Waals surface area contributed by atoms with Gasteiger partial charge in [-0.05, 0) is 18.1 Å². The van der Waals surface area contributed by atoms with Crippen LogP contribution in [0.1, 0.15) is 11.1 Å². The molecule has 0 amide bonds. The van der Waals surface area contributed by atoms with Gasteiger partial charge < -0.3 is 4.74 Å². The van der Waals surface area contributed by atoms with E-state index in [1.54, 1.807) is 6.08 Å². The van der Waals surface area contributed by atoms with Crippen LogP contribution in [-0.2, 0) is 16.0 Å². The van der Waals surface area contributed by atoms with Gasteiger partial charge in [-0.25, -0.2) is 8.78 Å². The molecule has 0 radical (unpaired) electrons. The van der Waals surface area contributed by atoms with Crippen molar-refractivity contribution in [2.75, 3.05) is 12.9 Å². The van der Waals surface area contributed by atoms with Crippen molar-refractivity contribution in [2.45, 2.75) is 6.42 Å². The Bertz CT molecular complexity index is 498. The van der Waals surface area contributed by atoms with Gasteiger partial charge in [0, 0.05) is 16.5 Å². The highest BCUT2D eigenvalue weighted by Crippen LogP contribution is 2.37. The lowest BCUT2D eigenvalue weighted by Crippen LogP contribution is -2.03. The van der Waals surface area contributed by atoms with E-state index in [4.69, 9.17) is 0 Å². The molecule has 0 aromatic heterocycles. The summed E-state index contributed by atoms with van der Waals surface area (Å²) < 4.78 is 31.1. The molecule has 0 aliphatic heterocycles. The molecular weight excluding hydrogens is 246 g/mol. The minimum atomic E-state index is -0.582. The van der Waals surface area contributed by atoms with Gasteiger partial charge in [-0.15, -0.1) is 11.8 Å². The van der Waals surface area contributed by atoms with Crippen molar-refractivity contribution in [1.29, 1.82) is 0 Å². The van der Waals surface area contributed by atoms with Crippen molar-refractivity contribution in [3.8, 4) is 0 Å². The van der Waals surface area contributed by atoms with Gasteiger partial charge in [0.05, 0.1) is 12.9 Å². The van der Waals surface area contributed by atoms with E-state index >= 15 is 0 Å². The summed E-state index contributed by atoms with van der Waals surface area (Å²) in [5.74, 6) is -1.40. The van der Waals surface area contributed by atoms with Crippen molar-refractivity contribution < 1.29 is 18.3 Å². The number of ether oxygens (including phenoxy) is 1. The second-order valence-corrected chi connectivity index (χ2v) is 4.58. The molecule has 1 aliphatic rings. The SMILES string of the molecule is COC(=O)CSC1=CCc2cc(F)cc(F)c21. The number of benzene rings is 1. The predicted molar refractivity (Wildman–Crippen MR) is 62.5 cm³/mol. The van der Waals surface area contributed by atoms with Crippen LogP contribution in [0.2, 0.25) is 0 Å². The number of hydrogen-bond donors (Lipinski definition) is 0. The molecule has 0 spiro atoms. The Balaban J connectivity index is 2.18. The Morgan fingerprint density at radius 1 is 1.47 bits per heavy atom. The highest BCUT2D eigenvalue weighted by atomic mass is 32.2. The smallest absolute Gasteiger partial charge is 0.315 e. The Hall–Kier alpha value is -1.36. The summed E-state index contributed by atoms with van der Waals surface area (Å²) >= 11 is 1.20. The first-order valence-corrected chi connectivity index (χ1v) is 5.98. The lowest BCUT2D eigenvalue weighted by atomic mass is 10.1. The molecule has 1 aromatic rings. The van der Waals surface area contributed by atoms with E-state index in [0.29, 0.717) is 22.5 Å². The van der Waals surface area contributed by atoms with E-state index in [1.165, 1.54) is 24.9 Å². The molecule has 90 valence electrons. The van der Waals surface area contributed by atoms with Gasteiger partial charge in [-0.2, -0.15) is 0 Å². The van der Waals surface area contributed by atoms with Crippen molar-refractivity contribution in [2.24, 2.45) is 0 Å². The van der Waals surface area contributed by atoms with Gasteiger partial charge in [-0.1, -0.05) is 6.08 Å². The van der Waals surface area contributed by atoms with Gasteiger partial charge in [0.2, 0.25) is 0 Å². The fraction of sp³-hybridized carbons (Fsp3) is 0.250. The van der Waals surface area contributed by atoms with Crippen LogP contribution >= 0.6 is 11.8 Å². The molecule has 0 heterocycles. The van der Waals surface area contributed by atoms with E-state index < -0.39 is 11.6 Å². The number of carbonyl (C=O) groups excluding carboxylic acids is 1. The molecular formula is C12H10F2O2S. The molecule has 0 bridgehead atoms. The maximum atomic E-state index is 13.6. The first kappa shape index (κ1) is 12.1. The second kappa shape index (κ2) is 4.87. The van der Waals surface area contributed by atoms with Crippen molar-refractivity contribution in [3.63, 3.8) is 0 Å².